The maximum absolute atomic E-state index is 8.80. The number of halogens is 1. The number of hydrogen-bond donors (Lipinski definition) is 2. The van der Waals surface area contributed by atoms with Gasteiger partial charge in [-0.1, -0.05) is 54.6 Å². The summed E-state index contributed by atoms with van der Waals surface area (Å²) in [6.07, 6.45) is 1.57. The molecule has 19 heavy (non-hydrogen) atoms. The summed E-state index contributed by atoms with van der Waals surface area (Å²) in [7, 11) is 0. The Morgan fingerprint density at radius 1 is 0.895 bits per heavy atom. The molecule has 2 aromatic rings. The first-order chi connectivity index (χ1) is 8.81. The molecule has 0 amide bonds. The van der Waals surface area contributed by atoms with Crippen LogP contribution < -0.4 is 5.73 Å². The molecule has 0 aliphatic heterocycles. The third kappa shape index (κ3) is 4.35. The lowest BCUT2D eigenvalue weighted by Gasteiger charge is -2.12. The summed E-state index contributed by atoms with van der Waals surface area (Å²) >= 11 is 0. The van der Waals surface area contributed by atoms with Crippen LogP contribution in [0.1, 0.15) is 24.4 Å². The second kappa shape index (κ2) is 7.95. The van der Waals surface area contributed by atoms with Gasteiger partial charge in [0.05, 0.1) is 0 Å². The summed E-state index contributed by atoms with van der Waals surface area (Å²) in [4.78, 5) is 0. The van der Waals surface area contributed by atoms with Crippen LogP contribution in [-0.4, -0.2) is 11.7 Å². The molecule has 1 atom stereocenters. The van der Waals surface area contributed by atoms with E-state index in [-0.39, 0.29) is 25.1 Å². The van der Waals surface area contributed by atoms with Crippen LogP contribution in [0.3, 0.4) is 0 Å². The van der Waals surface area contributed by atoms with Crippen molar-refractivity contribution < 1.29 is 5.11 Å². The van der Waals surface area contributed by atoms with Crippen molar-refractivity contribution in [2.24, 2.45) is 5.73 Å². The topological polar surface area (TPSA) is 46.2 Å². The fourth-order valence-corrected chi connectivity index (χ4v) is 2.03. The Morgan fingerprint density at radius 3 is 2.05 bits per heavy atom. The van der Waals surface area contributed by atoms with E-state index in [4.69, 9.17) is 10.8 Å². The van der Waals surface area contributed by atoms with E-state index in [9.17, 15) is 0 Å². The molecule has 0 spiro atoms. The van der Waals surface area contributed by atoms with E-state index in [0.717, 1.165) is 18.4 Å². The van der Waals surface area contributed by atoms with Crippen molar-refractivity contribution in [2.45, 2.75) is 18.9 Å². The van der Waals surface area contributed by atoms with Crippen molar-refractivity contribution in [1.82, 2.24) is 0 Å². The minimum atomic E-state index is 0. The first-order valence-electron chi connectivity index (χ1n) is 6.33. The highest BCUT2D eigenvalue weighted by Gasteiger charge is 2.05. The van der Waals surface area contributed by atoms with Gasteiger partial charge in [0.25, 0.3) is 0 Å². The van der Waals surface area contributed by atoms with Crippen LogP contribution in [0, 0.1) is 0 Å². The SMILES string of the molecule is Cl.N[C@@H](CCCO)c1ccc(-c2ccccc2)cc1. The van der Waals surface area contributed by atoms with Gasteiger partial charge in [-0.15, -0.1) is 12.4 Å². The van der Waals surface area contributed by atoms with Crippen LogP contribution in [-0.2, 0) is 0 Å². The van der Waals surface area contributed by atoms with E-state index in [1.54, 1.807) is 0 Å². The molecular weight excluding hydrogens is 258 g/mol. The predicted octanol–water partition coefficient (Wildman–Crippen LogP) is 3.55. The van der Waals surface area contributed by atoms with E-state index in [1.807, 2.05) is 18.2 Å². The minimum absolute atomic E-state index is 0. The molecular formula is C16H20ClNO. The average Bonchev–Trinajstić information content (AvgIpc) is 2.46. The molecule has 0 heterocycles. The number of rotatable bonds is 5. The highest BCUT2D eigenvalue weighted by Crippen LogP contribution is 2.22. The largest absolute Gasteiger partial charge is 0.396 e. The van der Waals surface area contributed by atoms with Gasteiger partial charge in [0.2, 0.25) is 0 Å². The summed E-state index contributed by atoms with van der Waals surface area (Å²) in [6, 6.07) is 18.7. The number of nitrogens with two attached hydrogens (primary N) is 1. The van der Waals surface area contributed by atoms with Crippen molar-refractivity contribution >= 4 is 12.4 Å². The fourth-order valence-electron chi connectivity index (χ4n) is 2.03. The van der Waals surface area contributed by atoms with Gasteiger partial charge < -0.3 is 10.8 Å². The maximum Gasteiger partial charge on any atom is 0.0431 e. The van der Waals surface area contributed by atoms with E-state index < -0.39 is 0 Å². The number of aliphatic hydroxyl groups is 1. The Labute approximate surface area is 120 Å². The molecule has 0 fully saturated rings. The lowest BCUT2D eigenvalue weighted by Crippen LogP contribution is -2.10. The quantitative estimate of drug-likeness (QED) is 0.878. The Kier molecular flexibility index (Phi) is 6.57. The van der Waals surface area contributed by atoms with Gasteiger partial charge in [0.15, 0.2) is 0 Å². The van der Waals surface area contributed by atoms with E-state index in [2.05, 4.69) is 36.4 Å². The summed E-state index contributed by atoms with van der Waals surface area (Å²) in [5.41, 5.74) is 9.60. The molecule has 0 aromatic heterocycles. The van der Waals surface area contributed by atoms with Gasteiger partial charge in [-0.2, -0.15) is 0 Å². The molecule has 102 valence electrons. The van der Waals surface area contributed by atoms with E-state index >= 15 is 0 Å². The molecule has 2 aromatic carbocycles. The number of aliphatic hydroxyl groups excluding tert-OH is 1. The van der Waals surface area contributed by atoms with Crippen LogP contribution >= 0.6 is 12.4 Å². The normalized spacial score (nSPS) is 11.7. The molecule has 0 unspecified atom stereocenters. The molecule has 0 bridgehead atoms. The summed E-state index contributed by atoms with van der Waals surface area (Å²) in [5, 5.41) is 8.80. The summed E-state index contributed by atoms with van der Waals surface area (Å²) in [5.74, 6) is 0. The highest BCUT2D eigenvalue weighted by atomic mass is 35.5. The molecule has 2 rings (SSSR count). The zero-order valence-corrected chi connectivity index (χ0v) is 11.6. The lowest BCUT2D eigenvalue weighted by atomic mass is 9.99. The van der Waals surface area contributed by atoms with Gasteiger partial charge in [-0.25, -0.2) is 0 Å². The van der Waals surface area contributed by atoms with Crippen molar-refractivity contribution in [3.63, 3.8) is 0 Å². The van der Waals surface area contributed by atoms with Crippen molar-refractivity contribution in [2.75, 3.05) is 6.61 Å². The van der Waals surface area contributed by atoms with Crippen LogP contribution in [0.5, 0.6) is 0 Å². The van der Waals surface area contributed by atoms with Crippen LogP contribution in [0.15, 0.2) is 54.6 Å². The summed E-state index contributed by atoms with van der Waals surface area (Å²) in [6.45, 7) is 0.204. The number of hydrogen-bond acceptors (Lipinski definition) is 2. The molecule has 0 saturated carbocycles. The van der Waals surface area contributed by atoms with Crippen molar-refractivity contribution in [3.05, 3.63) is 60.2 Å². The average molecular weight is 278 g/mol. The zero-order chi connectivity index (χ0) is 12.8. The van der Waals surface area contributed by atoms with Crippen LogP contribution in [0.25, 0.3) is 11.1 Å². The van der Waals surface area contributed by atoms with E-state index in [1.165, 1.54) is 11.1 Å². The van der Waals surface area contributed by atoms with Gasteiger partial charge in [0.1, 0.15) is 0 Å². The van der Waals surface area contributed by atoms with Crippen molar-refractivity contribution in [1.29, 1.82) is 0 Å². The van der Waals surface area contributed by atoms with Crippen LogP contribution in [0.4, 0.5) is 0 Å². The standard InChI is InChI=1S/C16H19NO.ClH/c17-16(7-4-12-18)15-10-8-14(9-11-15)13-5-2-1-3-6-13;/h1-3,5-6,8-11,16,18H,4,7,12,17H2;1H/t16-;/m0./s1. The van der Waals surface area contributed by atoms with Crippen LogP contribution in [0.2, 0.25) is 0 Å². The fraction of sp³-hybridized carbons (Fsp3) is 0.250. The second-order valence-electron chi connectivity index (χ2n) is 4.46. The van der Waals surface area contributed by atoms with Crippen molar-refractivity contribution in [3.8, 4) is 11.1 Å². The molecule has 3 N–H and O–H groups in total. The minimum Gasteiger partial charge on any atom is -0.396 e. The Bertz CT molecular complexity index is 470. The number of benzene rings is 2. The Hall–Kier alpha value is -1.35. The maximum atomic E-state index is 8.80. The molecule has 0 radical (unpaired) electrons. The lowest BCUT2D eigenvalue weighted by molar-refractivity contribution is 0.280. The van der Waals surface area contributed by atoms with Gasteiger partial charge in [-0.05, 0) is 29.5 Å². The smallest absolute Gasteiger partial charge is 0.0431 e. The Morgan fingerprint density at radius 2 is 1.47 bits per heavy atom. The molecule has 0 aliphatic rings. The first kappa shape index (κ1) is 15.7. The second-order valence-corrected chi connectivity index (χ2v) is 4.46. The van der Waals surface area contributed by atoms with E-state index in [0.29, 0.717) is 0 Å². The summed E-state index contributed by atoms with van der Waals surface area (Å²) < 4.78 is 0. The van der Waals surface area contributed by atoms with Gasteiger partial charge >= 0.3 is 0 Å². The highest BCUT2D eigenvalue weighted by molar-refractivity contribution is 5.85. The third-order valence-corrected chi connectivity index (χ3v) is 3.12. The van der Waals surface area contributed by atoms with Gasteiger partial charge in [-0.3, -0.25) is 0 Å². The third-order valence-electron chi connectivity index (χ3n) is 3.12. The molecule has 2 nitrogen and oxygen atoms in total. The molecule has 0 aliphatic carbocycles. The monoisotopic (exact) mass is 277 g/mol. The van der Waals surface area contributed by atoms with Gasteiger partial charge in [0, 0.05) is 12.6 Å². The Balaban J connectivity index is 0.00000180. The molecule has 0 saturated heterocycles. The molecule has 3 heteroatoms. The zero-order valence-electron chi connectivity index (χ0n) is 10.8. The predicted molar refractivity (Wildman–Crippen MR) is 82.4 cm³/mol. The first-order valence-corrected chi connectivity index (χ1v) is 6.33.